The summed E-state index contributed by atoms with van der Waals surface area (Å²) in [7, 11) is -1.89. The molecule has 9 heteroatoms. The molecule has 3 heterocycles. The van der Waals surface area contributed by atoms with Crippen LogP contribution in [0.1, 0.15) is 11.3 Å². The van der Waals surface area contributed by atoms with E-state index in [0.29, 0.717) is 5.69 Å². The summed E-state index contributed by atoms with van der Waals surface area (Å²) >= 11 is 0. The molecular formula is C10H12N6O2S. The van der Waals surface area contributed by atoms with Crippen LogP contribution in [-0.2, 0) is 30.2 Å². The largest absolute Gasteiger partial charge is 0.368 e. The third kappa shape index (κ3) is 1.96. The summed E-state index contributed by atoms with van der Waals surface area (Å²) < 4.78 is 27.6. The molecule has 3 rings (SSSR count). The number of anilines is 1. The van der Waals surface area contributed by atoms with Crippen molar-refractivity contribution < 1.29 is 8.42 Å². The molecule has 2 N–H and O–H groups in total. The molecule has 0 radical (unpaired) electrons. The van der Waals surface area contributed by atoms with Crippen LogP contribution >= 0.6 is 0 Å². The molecule has 0 aliphatic carbocycles. The third-order valence-electron chi connectivity index (χ3n) is 2.96. The summed E-state index contributed by atoms with van der Waals surface area (Å²) in [4.78, 5) is 8.10. The summed E-state index contributed by atoms with van der Waals surface area (Å²) in [6.45, 7) is 0.464. The van der Waals surface area contributed by atoms with Crippen molar-refractivity contribution in [2.45, 2.75) is 18.0 Å². The predicted molar refractivity (Wildman–Crippen MR) is 66.1 cm³/mol. The van der Waals surface area contributed by atoms with Crippen LogP contribution in [0.15, 0.2) is 23.5 Å². The summed E-state index contributed by atoms with van der Waals surface area (Å²) in [6.07, 6.45) is 4.37. The van der Waals surface area contributed by atoms with E-state index in [4.69, 9.17) is 5.73 Å². The molecule has 0 aromatic carbocycles. The fourth-order valence-electron chi connectivity index (χ4n) is 1.99. The molecule has 0 unspecified atom stereocenters. The summed E-state index contributed by atoms with van der Waals surface area (Å²) in [6, 6.07) is 0. The van der Waals surface area contributed by atoms with Gasteiger partial charge in [0.2, 0.25) is 16.0 Å². The van der Waals surface area contributed by atoms with Gasteiger partial charge in [0.15, 0.2) is 0 Å². The Morgan fingerprint density at radius 3 is 2.79 bits per heavy atom. The van der Waals surface area contributed by atoms with Gasteiger partial charge in [-0.2, -0.15) is 9.40 Å². The molecule has 100 valence electrons. The van der Waals surface area contributed by atoms with Crippen molar-refractivity contribution in [2.75, 3.05) is 5.73 Å². The van der Waals surface area contributed by atoms with Gasteiger partial charge in [0, 0.05) is 31.5 Å². The van der Waals surface area contributed by atoms with E-state index in [1.807, 2.05) is 0 Å². The Labute approximate surface area is 109 Å². The highest BCUT2D eigenvalue weighted by Gasteiger charge is 2.32. The summed E-state index contributed by atoms with van der Waals surface area (Å²) in [5.41, 5.74) is 6.93. The van der Waals surface area contributed by atoms with Crippen molar-refractivity contribution >= 4 is 16.0 Å². The molecule has 0 bridgehead atoms. The van der Waals surface area contributed by atoms with Crippen LogP contribution in [0.4, 0.5) is 5.95 Å². The minimum atomic E-state index is -3.56. The van der Waals surface area contributed by atoms with Crippen LogP contribution in [0.3, 0.4) is 0 Å². The molecule has 1 aliphatic heterocycles. The number of nitrogens with zero attached hydrogens (tertiary/aromatic N) is 5. The smallest absolute Gasteiger partial charge is 0.246 e. The van der Waals surface area contributed by atoms with Crippen LogP contribution < -0.4 is 5.73 Å². The van der Waals surface area contributed by atoms with Crippen LogP contribution in [-0.4, -0.2) is 32.5 Å². The van der Waals surface area contributed by atoms with Crippen molar-refractivity contribution in [3.05, 3.63) is 29.8 Å². The van der Waals surface area contributed by atoms with Crippen molar-refractivity contribution in [1.82, 2.24) is 24.1 Å². The fraction of sp³-hybridized carbons (Fsp3) is 0.300. The lowest BCUT2D eigenvalue weighted by molar-refractivity contribution is 0.429. The van der Waals surface area contributed by atoms with Gasteiger partial charge in [0.25, 0.3) is 0 Å². The first-order valence-electron chi connectivity index (χ1n) is 5.56. The van der Waals surface area contributed by atoms with E-state index in [-0.39, 0.29) is 23.9 Å². The van der Waals surface area contributed by atoms with Crippen molar-refractivity contribution in [2.24, 2.45) is 7.05 Å². The Morgan fingerprint density at radius 1 is 1.32 bits per heavy atom. The summed E-state index contributed by atoms with van der Waals surface area (Å²) in [5, 5.41) is 3.88. The molecule has 0 fully saturated rings. The number of aromatic nitrogens is 4. The van der Waals surface area contributed by atoms with E-state index >= 15 is 0 Å². The lowest BCUT2D eigenvalue weighted by Crippen LogP contribution is -2.25. The second-order valence-electron chi connectivity index (χ2n) is 4.32. The second kappa shape index (κ2) is 4.00. The first kappa shape index (κ1) is 12.1. The normalized spacial score (nSPS) is 15.6. The second-order valence-corrected chi connectivity index (χ2v) is 6.26. The molecule has 1 aliphatic rings. The highest BCUT2D eigenvalue weighted by atomic mass is 32.2. The quantitative estimate of drug-likeness (QED) is 0.794. The van der Waals surface area contributed by atoms with E-state index in [2.05, 4.69) is 15.1 Å². The Bertz CT molecular complexity index is 738. The maximum atomic E-state index is 12.4. The average Bonchev–Trinajstić information content (AvgIpc) is 2.95. The number of aryl methyl sites for hydroxylation is 1. The predicted octanol–water partition coefficient (Wildman–Crippen LogP) is -0.503. The first-order chi connectivity index (χ1) is 8.96. The van der Waals surface area contributed by atoms with Crippen LogP contribution in [0.5, 0.6) is 0 Å². The molecule has 0 spiro atoms. The zero-order chi connectivity index (χ0) is 13.6. The number of hydrogen-bond acceptors (Lipinski definition) is 6. The number of rotatable bonds is 2. The molecule has 0 atom stereocenters. The van der Waals surface area contributed by atoms with Gasteiger partial charge in [0.1, 0.15) is 4.90 Å². The molecule has 0 saturated heterocycles. The van der Waals surface area contributed by atoms with Crippen LogP contribution in [0.2, 0.25) is 0 Å². The first-order valence-corrected chi connectivity index (χ1v) is 7.00. The van der Waals surface area contributed by atoms with Crippen molar-refractivity contribution in [3.8, 4) is 0 Å². The monoisotopic (exact) mass is 280 g/mol. The molecule has 2 aromatic rings. The van der Waals surface area contributed by atoms with Gasteiger partial charge in [-0.25, -0.2) is 18.4 Å². The van der Waals surface area contributed by atoms with Gasteiger partial charge in [-0.1, -0.05) is 0 Å². The van der Waals surface area contributed by atoms with Gasteiger partial charge >= 0.3 is 0 Å². The Morgan fingerprint density at radius 2 is 2.11 bits per heavy atom. The molecule has 0 amide bonds. The zero-order valence-electron chi connectivity index (χ0n) is 10.2. The third-order valence-corrected chi connectivity index (χ3v) is 4.71. The van der Waals surface area contributed by atoms with Crippen LogP contribution in [0.25, 0.3) is 0 Å². The van der Waals surface area contributed by atoms with E-state index in [1.54, 1.807) is 13.2 Å². The van der Waals surface area contributed by atoms with Gasteiger partial charge < -0.3 is 5.73 Å². The van der Waals surface area contributed by atoms with Gasteiger partial charge in [-0.05, 0) is 0 Å². The highest BCUT2D eigenvalue weighted by molar-refractivity contribution is 7.89. The number of hydrogen-bond donors (Lipinski definition) is 1. The summed E-state index contributed by atoms with van der Waals surface area (Å²) in [5.74, 6) is 0.152. The maximum absolute atomic E-state index is 12.4. The molecule has 8 nitrogen and oxygen atoms in total. The Balaban J connectivity index is 1.94. The lowest BCUT2D eigenvalue weighted by Gasteiger charge is -2.13. The van der Waals surface area contributed by atoms with E-state index < -0.39 is 10.0 Å². The molecular weight excluding hydrogens is 268 g/mol. The minimum Gasteiger partial charge on any atom is -0.368 e. The number of nitrogen functional groups attached to an aromatic ring is 1. The Kier molecular flexibility index (Phi) is 2.54. The van der Waals surface area contributed by atoms with E-state index in [1.165, 1.54) is 21.4 Å². The highest BCUT2D eigenvalue weighted by Crippen LogP contribution is 2.26. The minimum absolute atomic E-state index is 0.152. The van der Waals surface area contributed by atoms with Crippen LogP contribution in [0, 0.1) is 0 Å². The van der Waals surface area contributed by atoms with Gasteiger partial charge in [-0.3, -0.25) is 4.68 Å². The Hall–Kier alpha value is -2.00. The zero-order valence-corrected chi connectivity index (χ0v) is 11.0. The molecule has 19 heavy (non-hydrogen) atoms. The van der Waals surface area contributed by atoms with Gasteiger partial charge in [0.05, 0.1) is 18.4 Å². The number of fused-ring (bicyclic) bond motifs is 1. The van der Waals surface area contributed by atoms with E-state index in [9.17, 15) is 8.42 Å². The number of sulfonamides is 1. The molecule has 2 aromatic heterocycles. The van der Waals surface area contributed by atoms with E-state index in [0.717, 1.165) is 5.56 Å². The van der Waals surface area contributed by atoms with Crippen molar-refractivity contribution in [1.29, 1.82) is 0 Å². The average molecular weight is 280 g/mol. The van der Waals surface area contributed by atoms with Crippen molar-refractivity contribution in [3.63, 3.8) is 0 Å². The molecule has 0 saturated carbocycles. The maximum Gasteiger partial charge on any atom is 0.246 e. The van der Waals surface area contributed by atoms with Gasteiger partial charge in [-0.15, -0.1) is 0 Å². The standard InChI is InChI=1S/C10H12N6O2S/c1-15-5-8(3-13-15)19(17,18)16-4-7-2-12-10(11)14-9(7)6-16/h2-3,5H,4,6H2,1H3,(H2,11,12,14). The fourth-order valence-corrected chi connectivity index (χ4v) is 3.36. The topological polar surface area (TPSA) is 107 Å². The number of nitrogens with two attached hydrogens (primary N) is 1. The lowest BCUT2D eigenvalue weighted by atomic mass is 10.3. The SMILES string of the molecule is Cn1cc(S(=O)(=O)N2Cc3cnc(N)nc3C2)cn1.